The highest BCUT2D eigenvalue weighted by molar-refractivity contribution is 4.86. The summed E-state index contributed by atoms with van der Waals surface area (Å²) in [5, 5.41) is 12.2. The van der Waals surface area contributed by atoms with Crippen molar-refractivity contribution in [1.29, 1.82) is 0 Å². The highest BCUT2D eigenvalue weighted by Crippen LogP contribution is 2.19. The summed E-state index contributed by atoms with van der Waals surface area (Å²) in [5.41, 5.74) is 5.41. The Hall–Kier alpha value is -0.120. The Labute approximate surface area is 61.6 Å². The summed E-state index contributed by atoms with van der Waals surface area (Å²) in [7, 11) is 0. The van der Waals surface area contributed by atoms with Gasteiger partial charge in [-0.1, -0.05) is 0 Å². The van der Waals surface area contributed by atoms with Crippen LogP contribution >= 0.6 is 0 Å². The molecule has 1 atom stereocenters. The summed E-state index contributed by atoms with van der Waals surface area (Å²) >= 11 is 0. The first kappa shape index (κ1) is 7.98. The minimum atomic E-state index is -0.0672. The molecule has 1 unspecified atom stereocenters. The van der Waals surface area contributed by atoms with E-state index in [1.165, 1.54) is 0 Å². The minimum absolute atomic E-state index is 0.0672. The molecule has 60 valence electrons. The van der Waals surface area contributed by atoms with Gasteiger partial charge in [-0.15, -0.1) is 0 Å². The molecule has 0 amide bonds. The van der Waals surface area contributed by atoms with Crippen LogP contribution in [0, 0.1) is 0 Å². The van der Waals surface area contributed by atoms with Crippen molar-refractivity contribution in [3.63, 3.8) is 0 Å². The summed E-state index contributed by atoms with van der Waals surface area (Å²) in [6.45, 7) is 2.73. The number of aliphatic hydroxyl groups is 1. The normalized spacial score (nSPS) is 35.1. The van der Waals surface area contributed by atoms with Gasteiger partial charge in [0.15, 0.2) is 0 Å². The van der Waals surface area contributed by atoms with Gasteiger partial charge in [-0.25, -0.2) is 0 Å². The molecule has 1 aliphatic carbocycles. The van der Waals surface area contributed by atoms with Crippen LogP contribution in [0.25, 0.3) is 0 Å². The molecule has 10 heavy (non-hydrogen) atoms. The van der Waals surface area contributed by atoms with E-state index in [0.29, 0.717) is 18.6 Å². The monoisotopic (exact) mass is 144 g/mol. The van der Waals surface area contributed by atoms with E-state index in [1.807, 2.05) is 0 Å². The zero-order chi connectivity index (χ0) is 7.56. The first-order chi connectivity index (χ1) is 4.72. The predicted molar refractivity (Wildman–Crippen MR) is 40.7 cm³/mol. The first-order valence-electron chi connectivity index (χ1n) is 3.86. The van der Waals surface area contributed by atoms with Gasteiger partial charge in [0.05, 0.1) is 6.10 Å². The van der Waals surface area contributed by atoms with Crippen LogP contribution in [0.1, 0.15) is 19.8 Å². The lowest BCUT2D eigenvalue weighted by atomic mass is 9.89. The maximum absolute atomic E-state index is 8.93. The van der Waals surface area contributed by atoms with Crippen LogP contribution < -0.4 is 11.1 Å². The molecule has 1 saturated carbocycles. The Morgan fingerprint density at radius 1 is 1.70 bits per heavy atom. The Balaban J connectivity index is 2.04. The van der Waals surface area contributed by atoms with Crippen LogP contribution in [0.2, 0.25) is 0 Å². The first-order valence-corrected chi connectivity index (χ1v) is 3.86. The summed E-state index contributed by atoms with van der Waals surface area (Å²) < 4.78 is 0. The van der Waals surface area contributed by atoms with E-state index < -0.39 is 0 Å². The molecule has 0 spiro atoms. The second kappa shape index (κ2) is 3.32. The number of hydrogen-bond donors (Lipinski definition) is 3. The molecule has 1 fully saturated rings. The zero-order valence-corrected chi connectivity index (χ0v) is 6.38. The largest absolute Gasteiger partial charge is 0.393 e. The minimum Gasteiger partial charge on any atom is -0.393 e. The number of rotatable bonds is 3. The van der Waals surface area contributed by atoms with E-state index in [2.05, 4.69) is 12.2 Å². The van der Waals surface area contributed by atoms with Crippen molar-refractivity contribution in [2.24, 2.45) is 5.73 Å². The second-order valence-electron chi connectivity index (χ2n) is 3.13. The predicted octanol–water partition coefficient (Wildman–Crippen LogP) is -0.553. The lowest BCUT2D eigenvalue weighted by Gasteiger charge is -2.34. The number of hydrogen-bond acceptors (Lipinski definition) is 3. The van der Waals surface area contributed by atoms with Crippen molar-refractivity contribution in [1.82, 2.24) is 5.32 Å². The van der Waals surface area contributed by atoms with Gasteiger partial charge in [0.1, 0.15) is 0 Å². The maximum atomic E-state index is 8.93. The molecule has 1 aliphatic rings. The van der Waals surface area contributed by atoms with E-state index >= 15 is 0 Å². The highest BCUT2D eigenvalue weighted by Gasteiger charge is 2.27. The SMILES string of the molecule is CC(CN)NC1CC(O)C1. The van der Waals surface area contributed by atoms with Crippen LogP contribution in [0.15, 0.2) is 0 Å². The fourth-order valence-corrected chi connectivity index (χ4v) is 1.19. The third-order valence-electron chi connectivity index (χ3n) is 1.99. The molecule has 3 heteroatoms. The highest BCUT2D eigenvalue weighted by atomic mass is 16.3. The quantitative estimate of drug-likeness (QED) is 0.498. The van der Waals surface area contributed by atoms with Crippen LogP contribution in [-0.2, 0) is 0 Å². The molecule has 4 N–H and O–H groups in total. The standard InChI is InChI=1S/C7H16N2O/c1-5(4-8)9-6-2-7(10)3-6/h5-7,9-10H,2-4,8H2,1H3. The summed E-state index contributed by atoms with van der Waals surface area (Å²) in [6.07, 6.45) is 1.72. The summed E-state index contributed by atoms with van der Waals surface area (Å²) in [6, 6.07) is 0.894. The molecule has 0 saturated heterocycles. The van der Waals surface area contributed by atoms with Crippen molar-refractivity contribution in [3.8, 4) is 0 Å². The molecule has 0 aromatic heterocycles. The van der Waals surface area contributed by atoms with Crippen molar-refractivity contribution in [2.75, 3.05) is 6.54 Å². The third kappa shape index (κ3) is 1.94. The maximum Gasteiger partial charge on any atom is 0.0570 e. The molecule has 0 bridgehead atoms. The van der Waals surface area contributed by atoms with Crippen molar-refractivity contribution in [2.45, 2.75) is 38.0 Å². The molecule has 3 nitrogen and oxygen atoms in total. The fourth-order valence-electron chi connectivity index (χ4n) is 1.19. The van der Waals surface area contributed by atoms with Crippen molar-refractivity contribution in [3.05, 3.63) is 0 Å². The second-order valence-corrected chi connectivity index (χ2v) is 3.13. The van der Waals surface area contributed by atoms with E-state index in [0.717, 1.165) is 12.8 Å². The molecule has 0 aliphatic heterocycles. The molecular formula is C7H16N2O. The lowest BCUT2D eigenvalue weighted by Crippen LogP contribution is -2.49. The van der Waals surface area contributed by atoms with Gasteiger partial charge in [0.2, 0.25) is 0 Å². The fraction of sp³-hybridized carbons (Fsp3) is 1.00. The summed E-state index contributed by atoms with van der Waals surface area (Å²) in [4.78, 5) is 0. The zero-order valence-electron chi connectivity index (χ0n) is 6.38. The van der Waals surface area contributed by atoms with Crippen LogP contribution in [0.5, 0.6) is 0 Å². The molecule has 1 rings (SSSR count). The topological polar surface area (TPSA) is 58.3 Å². The van der Waals surface area contributed by atoms with Crippen molar-refractivity contribution < 1.29 is 5.11 Å². The third-order valence-corrected chi connectivity index (χ3v) is 1.99. The Kier molecular flexibility index (Phi) is 2.65. The van der Waals surface area contributed by atoms with Gasteiger partial charge in [-0.2, -0.15) is 0 Å². The number of nitrogens with two attached hydrogens (primary N) is 1. The van der Waals surface area contributed by atoms with E-state index in [4.69, 9.17) is 10.8 Å². The molecule has 0 aromatic carbocycles. The molecular weight excluding hydrogens is 128 g/mol. The van der Waals surface area contributed by atoms with E-state index in [9.17, 15) is 0 Å². The van der Waals surface area contributed by atoms with Gasteiger partial charge >= 0.3 is 0 Å². The van der Waals surface area contributed by atoms with Crippen LogP contribution in [0.3, 0.4) is 0 Å². The van der Waals surface area contributed by atoms with Gasteiger partial charge in [-0.3, -0.25) is 0 Å². The average Bonchev–Trinajstić information content (AvgIpc) is 1.84. The van der Waals surface area contributed by atoms with Crippen LogP contribution in [-0.4, -0.2) is 29.8 Å². The summed E-state index contributed by atoms with van der Waals surface area (Å²) in [5.74, 6) is 0. The Morgan fingerprint density at radius 3 is 2.70 bits per heavy atom. The van der Waals surface area contributed by atoms with Gasteiger partial charge in [0.25, 0.3) is 0 Å². The molecule has 0 aromatic rings. The Bertz CT molecular complexity index is 102. The van der Waals surface area contributed by atoms with E-state index in [-0.39, 0.29) is 6.10 Å². The van der Waals surface area contributed by atoms with Gasteiger partial charge in [0, 0.05) is 18.6 Å². The van der Waals surface area contributed by atoms with Crippen LogP contribution in [0.4, 0.5) is 0 Å². The Morgan fingerprint density at radius 2 is 2.30 bits per heavy atom. The molecule has 0 radical (unpaired) electrons. The van der Waals surface area contributed by atoms with Crippen molar-refractivity contribution >= 4 is 0 Å². The van der Waals surface area contributed by atoms with Gasteiger partial charge < -0.3 is 16.2 Å². The lowest BCUT2D eigenvalue weighted by molar-refractivity contribution is 0.0590. The average molecular weight is 144 g/mol. The van der Waals surface area contributed by atoms with Gasteiger partial charge in [-0.05, 0) is 19.8 Å². The number of aliphatic hydroxyl groups excluding tert-OH is 1. The number of nitrogens with one attached hydrogen (secondary N) is 1. The smallest absolute Gasteiger partial charge is 0.0570 e. The molecule has 0 heterocycles. The van der Waals surface area contributed by atoms with E-state index in [1.54, 1.807) is 0 Å².